The molecule has 0 spiro atoms. The normalized spacial score (nSPS) is 13.7. The zero-order valence-corrected chi connectivity index (χ0v) is 18.5. The highest BCUT2D eigenvalue weighted by atomic mass is 32.2. The molecule has 6 heteroatoms. The first kappa shape index (κ1) is 22.0. The second kappa shape index (κ2) is 8.35. The second-order valence-corrected chi connectivity index (χ2v) is 9.47. The predicted octanol–water partition coefficient (Wildman–Crippen LogP) is 3.95. The third kappa shape index (κ3) is 4.93. The van der Waals surface area contributed by atoms with E-state index >= 15 is 0 Å². The van der Waals surface area contributed by atoms with Crippen LogP contribution in [0.25, 0.3) is 0 Å². The van der Waals surface area contributed by atoms with Gasteiger partial charge in [-0.25, -0.2) is 8.42 Å². The van der Waals surface area contributed by atoms with Gasteiger partial charge < -0.3 is 5.32 Å². The predicted molar refractivity (Wildman–Crippen MR) is 115 cm³/mol. The van der Waals surface area contributed by atoms with Crippen LogP contribution >= 0.6 is 0 Å². The molecule has 152 valence electrons. The van der Waals surface area contributed by atoms with Crippen LogP contribution < -0.4 is 9.62 Å². The Morgan fingerprint density at radius 1 is 0.929 bits per heavy atom. The SMILES string of the molecule is Cc1ccc(C)c([C@H](C)NC(=O)[C@H](C)N(c2cc(C)ccc2C)S(C)(=O)=O)c1. The quantitative estimate of drug-likeness (QED) is 0.795. The van der Waals surface area contributed by atoms with Crippen molar-refractivity contribution >= 4 is 21.6 Å². The van der Waals surface area contributed by atoms with E-state index in [2.05, 4.69) is 5.32 Å². The van der Waals surface area contributed by atoms with Crippen molar-refractivity contribution in [3.05, 3.63) is 64.2 Å². The molecule has 1 N–H and O–H groups in total. The van der Waals surface area contributed by atoms with E-state index in [1.807, 2.05) is 65.0 Å². The first-order chi connectivity index (χ1) is 12.9. The lowest BCUT2D eigenvalue weighted by Gasteiger charge is -2.31. The molecule has 0 heterocycles. The standard InChI is InChI=1S/C22H30N2O3S/c1-14-8-10-16(3)20(12-14)18(5)23-22(25)19(6)24(28(7,26)27)21-13-15(2)9-11-17(21)4/h8-13,18-19H,1-7H3,(H,23,25)/t18-,19-/m0/s1. The number of amides is 1. The van der Waals surface area contributed by atoms with Crippen molar-refractivity contribution in [3.63, 3.8) is 0 Å². The molecule has 28 heavy (non-hydrogen) atoms. The van der Waals surface area contributed by atoms with Gasteiger partial charge in [0.25, 0.3) is 0 Å². The molecule has 0 unspecified atom stereocenters. The third-order valence-corrected chi connectivity index (χ3v) is 6.18. The lowest BCUT2D eigenvalue weighted by molar-refractivity contribution is -0.122. The summed E-state index contributed by atoms with van der Waals surface area (Å²) in [6.45, 7) is 11.3. The highest BCUT2D eigenvalue weighted by Crippen LogP contribution is 2.27. The number of aryl methyl sites for hydroxylation is 4. The molecule has 0 saturated heterocycles. The number of hydrogen-bond donors (Lipinski definition) is 1. The van der Waals surface area contributed by atoms with Gasteiger partial charge >= 0.3 is 0 Å². The van der Waals surface area contributed by atoms with Crippen LogP contribution in [0.1, 0.15) is 47.7 Å². The zero-order chi connectivity index (χ0) is 21.2. The van der Waals surface area contributed by atoms with Gasteiger partial charge in [0.2, 0.25) is 15.9 Å². The Balaban J connectivity index is 2.34. The van der Waals surface area contributed by atoms with E-state index in [0.717, 1.165) is 34.1 Å². The van der Waals surface area contributed by atoms with E-state index in [9.17, 15) is 13.2 Å². The minimum absolute atomic E-state index is 0.227. The highest BCUT2D eigenvalue weighted by molar-refractivity contribution is 7.92. The maximum absolute atomic E-state index is 13.0. The van der Waals surface area contributed by atoms with Gasteiger partial charge in [-0.3, -0.25) is 9.10 Å². The molecule has 0 fully saturated rings. The van der Waals surface area contributed by atoms with Gasteiger partial charge in [-0.15, -0.1) is 0 Å². The summed E-state index contributed by atoms with van der Waals surface area (Å²) in [5.41, 5.74) is 5.50. The molecule has 0 aliphatic heterocycles. The lowest BCUT2D eigenvalue weighted by atomic mass is 10.00. The number of nitrogens with one attached hydrogen (secondary N) is 1. The van der Waals surface area contributed by atoms with E-state index in [-0.39, 0.29) is 11.9 Å². The Hall–Kier alpha value is -2.34. The molecule has 0 aliphatic rings. The monoisotopic (exact) mass is 402 g/mol. The first-order valence-electron chi connectivity index (χ1n) is 9.36. The third-order valence-electron chi connectivity index (χ3n) is 4.95. The molecule has 5 nitrogen and oxygen atoms in total. The van der Waals surface area contributed by atoms with Gasteiger partial charge in [0.15, 0.2) is 0 Å². The fourth-order valence-corrected chi connectivity index (χ4v) is 4.60. The van der Waals surface area contributed by atoms with Crippen LogP contribution in [0, 0.1) is 27.7 Å². The van der Waals surface area contributed by atoms with Gasteiger partial charge in [0.1, 0.15) is 6.04 Å². The molecule has 0 aliphatic carbocycles. The zero-order valence-electron chi connectivity index (χ0n) is 17.7. The van der Waals surface area contributed by atoms with Crippen LogP contribution in [0.2, 0.25) is 0 Å². The van der Waals surface area contributed by atoms with E-state index in [0.29, 0.717) is 5.69 Å². The van der Waals surface area contributed by atoms with Crippen molar-refractivity contribution in [1.82, 2.24) is 5.32 Å². The molecular weight excluding hydrogens is 372 g/mol. The smallest absolute Gasteiger partial charge is 0.244 e. The minimum atomic E-state index is -3.64. The van der Waals surface area contributed by atoms with Crippen LogP contribution in [0.4, 0.5) is 5.69 Å². The first-order valence-corrected chi connectivity index (χ1v) is 11.2. The molecule has 2 rings (SSSR count). The van der Waals surface area contributed by atoms with Crippen LogP contribution in [-0.2, 0) is 14.8 Å². The second-order valence-electron chi connectivity index (χ2n) is 7.62. The summed E-state index contributed by atoms with van der Waals surface area (Å²) in [5.74, 6) is -0.334. The van der Waals surface area contributed by atoms with Crippen molar-refractivity contribution < 1.29 is 13.2 Å². The van der Waals surface area contributed by atoms with E-state index < -0.39 is 16.1 Å². The molecule has 0 radical (unpaired) electrons. The van der Waals surface area contributed by atoms with E-state index in [1.165, 1.54) is 4.31 Å². The molecule has 2 aromatic rings. The number of anilines is 1. The number of benzene rings is 2. The largest absolute Gasteiger partial charge is 0.348 e. The van der Waals surface area contributed by atoms with Crippen LogP contribution in [-0.4, -0.2) is 26.6 Å². The van der Waals surface area contributed by atoms with E-state index in [1.54, 1.807) is 13.0 Å². The Morgan fingerprint density at radius 3 is 2.04 bits per heavy atom. The van der Waals surface area contributed by atoms with Crippen LogP contribution in [0.3, 0.4) is 0 Å². The molecule has 2 aromatic carbocycles. The number of hydrogen-bond acceptors (Lipinski definition) is 3. The average molecular weight is 403 g/mol. The molecule has 2 atom stereocenters. The average Bonchev–Trinajstić information content (AvgIpc) is 2.58. The van der Waals surface area contributed by atoms with Gasteiger partial charge in [0, 0.05) is 0 Å². The molecule has 0 aromatic heterocycles. The van der Waals surface area contributed by atoms with Crippen molar-refractivity contribution in [2.45, 2.75) is 53.6 Å². The molecule has 0 saturated carbocycles. The summed E-state index contributed by atoms with van der Waals surface area (Å²) >= 11 is 0. The van der Waals surface area contributed by atoms with Crippen molar-refractivity contribution in [1.29, 1.82) is 0 Å². The topological polar surface area (TPSA) is 66.5 Å². The van der Waals surface area contributed by atoms with Crippen LogP contribution in [0.15, 0.2) is 36.4 Å². The highest BCUT2D eigenvalue weighted by Gasteiger charge is 2.31. The lowest BCUT2D eigenvalue weighted by Crippen LogP contribution is -2.48. The number of carbonyl (C=O) groups excluding carboxylic acids is 1. The summed E-state index contributed by atoms with van der Waals surface area (Å²) in [4.78, 5) is 13.0. The van der Waals surface area contributed by atoms with E-state index in [4.69, 9.17) is 0 Å². The van der Waals surface area contributed by atoms with Gasteiger partial charge in [-0.05, 0) is 69.9 Å². The van der Waals surface area contributed by atoms with Gasteiger partial charge in [-0.2, -0.15) is 0 Å². The molecule has 1 amide bonds. The van der Waals surface area contributed by atoms with Crippen molar-refractivity contribution in [2.75, 3.05) is 10.6 Å². The minimum Gasteiger partial charge on any atom is -0.348 e. The number of sulfonamides is 1. The summed E-state index contributed by atoms with van der Waals surface area (Å²) < 4.78 is 26.3. The van der Waals surface area contributed by atoms with Gasteiger partial charge in [-0.1, -0.05) is 35.9 Å². The fraction of sp³-hybridized carbons (Fsp3) is 0.409. The summed E-state index contributed by atoms with van der Waals surface area (Å²) in [6, 6.07) is 10.6. The number of carbonyl (C=O) groups is 1. The van der Waals surface area contributed by atoms with Crippen molar-refractivity contribution in [3.8, 4) is 0 Å². The Morgan fingerprint density at radius 2 is 1.46 bits per heavy atom. The number of rotatable bonds is 6. The summed E-state index contributed by atoms with van der Waals surface area (Å²) in [6.07, 6.45) is 1.13. The Labute approximate surface area is 168 Å². The van der Waals surface area contributed by atoms with Crippen LogP contribution in [0.5, 0.6) is 0 Å². The Kier molecular flexibility index (Phi) is 6.55. The maximum Gasteiger partial charge on any atom is 0.244 e. The summed E-state index contributed by atoms with van der Waals surface area (Å²) in [7, 11) is -3.64. The Bertz CT molecular complexity index is 983. The molecular formula is C22H30N2O3S. The summed E-state index contributed by atoms with van der Waals surface area (Å²) in [5, 5.41) is 2.98. The maximum atomic E-state index is 13.0. The molecule has 0 bridgehead atoms. The fourth-order valence-electron chi connectivity index (χ4n) is 3.38. The van der Waals surface area contributed by atoms with Gasteiger partial charge in [0.05, 0.1) is 18.0 Å². The number of nitrogens with zero attached hydrogens (tertiary/aromatic N) is 1. The van der Waals surface area contributed by atoms with Crippen molar-refractivity contribution in [2.24, 2.45) is 0 Å².